The summed E-state index contributed by atoms with van der Waals surface area (Å²) in [6.45, 7) is 7.26. The minimum absolute atomic E-state index is 0.124. The number of ether oxygens (including phenoxy) is 3. The van der Waals surface area contributed by atoms with Gasteiger partial charge in [-0.3, -0.25) is 9.59 Å². The van der Waals surface area contributed by atoms with Crippen molar-refractivity contribution in [2.24, 2.45) is 0 Å². The highest BCUT2D eigenvalue weighted by molar-refractivity contribution is 5.97. The molecule has 2 aromatic rings. The van der Waals surface area contributed by atoms with Crippen molar-refractivity contribution in [2.45, 2.75) is 20.8 Å². The Labute approximate surface area is 171 Å². The number of hydrogen-bond acceptors (Lipinski definition) is 5. The normalized spacial score (nSPS) is 10.2. The van der Waals surface area contributed by atoms with Crippen molar-refractivity contribution in [1.82, 2.24) is 10.6 Å². The second-order valence-electron chi connectivity index (χ2n) is 6.22. The molecule has 0 radical (unpaired) electrons. The lowest BCUT2D eigenvalue weighted by Crippen LogP contribution is -2.38. The quantitative estimate of drug-likeness (QED) is 0.567. The highest BCUT2D eigenvalue weighted by Gasteiger charge is 2.12. The molecule has 0 heterocycles. The molecular formula is C22H28N2O5. The molecule has 2 rings (SSSR count). The van der Waals surface area contributed by atoms with Crippen LogP contribution in [0.2, 0.25) is 0 Å². The summed E-state index contributed by atoms with van der Waals surface area (Å²) in [5.74, 6) is 1.18. The van der Waals surface area contributed by atoms with Crippen molar-refractivity contribution in [3.05, 3.63) is 53.6 Å². The van der Waals surface area contributed by atoms with Gasteiger partial charge in [-0.15, -0.1) is 0 Å². The van der Waals surface area contributed by atoms with Crippen LogP contribution in [0, 0.1) is 6.92 Å². The fourth-order valence-electron chi connectivity index (χ4n) is 2.51. The molecule has 0 bridgehead atoms. The lowest BCUT2D eigenvalue weighted by atomic mass is 10.2. The molecule has 2 N–H and O–H groups in total. The van der Waals surface area contributed by atoms with Crippen LogP contribution in [-0.2, 0) is 4.79 Å². The third-order valence-electron chi connectivity index (χ3n) is 3.93. The standard InChI is InChI=1S/C22H28N2O5/c1-4-27-19-11-8-17(14-20(19)28-5-2)22(26)24-15-21(25)23-12-13-29-18-9-6-16(3)7-10-18/h6-11,14H,4-5,12-13,15H2,1-3H3,(H,23,25)(H,24,26). The Hall–Kier alpha value is -3.22. The SMILES string of the molecule is CCOc1ccc(C(=O)NCC(=O)NCCOc2ccc(C)cc2)cc1OCC. The minimum atomic E-state index is -0.361. The molecule has 0 aliphatic rings. The molecule has 0 atom stereocenters. The first-order valence-corrected chi connectivity index (χ1v) is 9.67. The first-order valence-electron chi connectivity index (χ1n) is 9.67. The van der Waals surface area contributed by atoms with E-state index in [2.05, 4.69) is 10.6 Å². The minimum Gasteiger partial charge on any atom is -0.492 e. The smallest absolute Gasteiger partial charge is 0.251 e. The molecule has 0 aromatic heterocycles. The fraction of sp³-hybridized carbons (Fsp3) is 0.364. The number of nitrogens with one attached hydrogen (secondary N) is 2. The molecule has 0 unspecified atom stereocenters. The van der Waals surface area contributed by atoms with Gasteiger partial charge in [0.15, 0.2) is 11.5 Å². The molecular weight excluding hydrogens is 372 g/mol. The highest BCUT2D eigenvalue weighted by atomic mass is 16.5. The van der Waals surface area contributed by atoms with Gasteiger partial charge in [0.1, 0.15) is 12.4 Å². The third-order valence-corrected chi connectivity index (χ3v) is 3.93. The largest absolute Gasteiger partial charge is 0.492 e. The van der Waals surface area contributed by atoms with Gasteiger partial charge >= 0.3 is 0 Å². The summed E-state index contributed by atoms with van der Waals surface area (Å²) in [5, 5.41) is 5.30. The van der Waals surface area contributed by atoms with Gasteiger partial charge in [-0.05, 0) is 51.1 Å². The van der Waals surface area contributed by atoms with Gasteiger partial charge in [-0.1, -0.05) is 17.7 Å². The van der Waals surface area contributed by atoms with Gasteiger partial charge in [0.25, 0.3) is 5.91 Å². The molecule has 7 nitrogen and oxygen atoms in total. The van der Waals surface area contributed by atoms with E-state index in [4.69, 9.17) is 14.2 Å². The van der Waals surface area contributed by atoms with Crippen LogP contribution in [0.3, 0.4) is 0 Å². The summed E-state index contributed by atoms with van der Waals surface area (Å²) in [5.41, 5.74) is 1.55. The van der Waals surface area contributed by atoms with Gasteiger partial charge in [0, 0.05) is 5.56 Å². The van der Waals surface area contributed by atoms with Crippen LogP contribution < -0.4 is 24.8 Å². The molecule has 2 amide bonds. The van der Waals surface area contributed by atoms with Crippen molar-refractivity contribution in [2.75, 3.05) is 32.9 Å². The number of carbonyl (C=O) groups excluding carboxylic acids is 2. The number of amides is 2. The topological polar surface area (TPSA) is 85.9 Å². The number of benzene rings is 2. The van der Waals surface area contributed by atoms with E-state index in [0.29, 0.717) is 43.4 Å². The van der Waals surface area contributed by atoms with Gasteiger partial charge < -0.3 is 24.8 Å². The maximum Gasteiger partial charge on any atom is 0.251 e. The lowest BCUT2D eigenvalue weighted by Gasteiger charge is -2.12. The number of hydrogen-bond donors (Lipinski definition) is 2. The second-order valence-corrected chi connectivity index (χ2v) is 6.22. The molecule has 0 saturated carbocycles. The predicted molar refractivity (Wildman–Crippen MR) is 111 cm³/mol. The van der Waals surface area contributed by atoms with Gasteiger partial charge in [-0.2, -0.15) is 0 Å². The molecule has 29 heavy (non-hydrogen) atoms. The van der Waals surface area contributed by atoms with Crippen LogP contribution in [0.25, 0.3) is 0 Å². The van der Waals surface area contributed by atoms with Crippen LogP contribution in [0.1, 0.15) is 29.8 Å². The Bertz CT molecular complexity index is 805. The maximum atomic E-state index is 12.3. The Morgan fingerprint density at radius 2 is 1.55 bits per heavy atom. The average molecular weight is 400 g/mol. The second kappa shape index (κ2) is 11.6. The maximum absolute atomic E-state index is 12.3. The zero-order valence-corrected chi connectivity index (χ0v) is 17.1. The van der Waals surface area contributed by atoms with E-state index >= 15 is 0 Å². The van der Waals surface area contributed by atoms with Gasteiger partial charge in [0.05, 0.1) is 26.3 Å². The van der Waals surface area contributed by atoms with E-state index in [1.54, 1.807) is 18.2 Å². The Balaban J connectivity index is 1.75. The summed E-state index contributed by atoms with van der Waals surface area (Å²) in [4.78, 5) is 24.2. The van der Waals surface area contributed by atoms with Crippen molar-refractivity contribution in [3.8, 4) is 17.2 Å². The summed E-state index contributed by atoms with van der Waals surface area (Å²) in [6.07, 6.45) is 0. The Morgan fingerprint density at radius 3 is 2.24 bits per heavy atom. The summed E-state index contributed by atoms with van der Waals surface area (Å²) >= 11 is 0. The fourth-order valence-corrected chi connectivity index (χ4v) is 2.51. The molecule has 2 aromatic carbocycles. The summed E-state index contributed by atoms with van der Waals surface area (Å²) in [6, 6.07) is 12.6. The number of aryl methyl sites for hydroxylation is 1. The first kappa shape index (κ1) is 22.1. The summed E-state index contributed by atoms with van der Waals surface area (Å²) < 4.78 is 16.5. The first-order chi connectivity index (χ1) is 14.0. The van der Waals surface area contributed by atoms with Crippen LogP contribution in [0.4, 0.5) is 0 Å². The van der Waals surface area contributed by atoms with Crippen LogP contribution in [0.5, 0.6) is 17.2 Å². The van der Waals surface area contributed by atoms with Crippen LogP contribution >= 0.6 is 0 Å². The third kappa shape index (κ3) is 7.37. The lowest BCUT2D eigenvalue weighted by molar-refractivity contribution is -0.120. The van der Waals surface area contributed by atoms with E-state index in [0.717, 1.165) is 11.3 Å². The monoisotopic (exact) mass is 400 g/mol. The molecule has 0 aliphatic carbocycles. The average Bonchev–Trinajstić information content (AvgIpc) is 2.72. The highest BCUT2D eigenvalue weighted by Crippen LogP contribution is 2.28. The van der Waals surface area contributed by atoms with E-state index in [9.17, 15) is 9.59 Å². The Morgan fingerprint density at radius 1 is 0.862 bits per heavy atom. The molecule has 0 saturated heterocycles. The molecule has 7 heteroatoms. The van der Waals surface area contributed by atoms with Gasteiger partial charge in [0.2, 0.25) is 5.91 Å². The molecule has 0 aliphatic heterocycles. The zero-order valence-electron chi connectivity index (χ0n) is 17.1. The Kier molecular flexibility index (Phi) is 8.82. The van der Waals surface area contributed by atoms with E-state index < -0.39 is 0 Å². The molecule has 156 valence electrons. The molecule has 0 spiro atoms. The van der Waals surface area contributed by atoms with Crippen molar-refractivity contribution < 1.29 is 23.8 Å². The van der Waals surface area contributed by atoms with E-state index in [1.807, 2.05) is 45.0 Å². The number of carbonyl (C=O) groups is 2. The van der Waals surface area contributed by atoms with Crippen molar-refractivity contribution in [1.29, 1.82) is 0 Å². The van der Waals surface area contributed by atoms with Crippen LogP contribution in [-0.4, -0.2) is 44.7 Å². The number of rotatable bonds is 11. The zero-order chi connectivity index (χ0) is 21.1. The van der Waals surface area contributed by atoms with Crippen LogP contribution in [0.15, 0.2) is 42.5 Å². The van der Waals surface area contributed by atoms with E-state index in [1.165, 1.54) is 0 Å². The van der Waals surface area contributed by atoms with Crippen molar-refractivity contribution >= 4 is 11.8 Å². The predicted octanol–water partition coefficient (Wildman–Crippen LogP) is 2.72. The summed E-state index contributed by atoms with van der Waals surface area (Å²) in [7, 11) is 0. The van der Waals surface area contributed by atoms with E-state index in [-0.39, 0.29) is 18.4 Å². The van der Waals surface area contributed by atoms with Crippen molar-refractivity contribution in [3.63, 3.8) is 0 Å². The van der Waals surface area contributed by atoms with Gasteiger partial charge in [-0.25, -0.2) is 0 Å². The molecule has 0 fully saturated rings.